The number of hydrogen-bond donors (Lipinski definition) is 1. The van der Waals surface area contributed by atoms with Crippen LogP contribution in [0.4, 0.5) is 5.69 Å². The van der Waals surface area contributed by atoms with Crippen molar-refractivity contribution in [2.75, 3.05) is 38.4 Å². The largest absolute Gasteiger partial charge is 0.454 e. The number of fused-ring (bicyclic) bond motifs is 2. The summed E-state index contributed by atoms with van der Waals surface area (Å²) in [5.41, 5.74) is 4.18. The Kier molecular flexibility index (Phi) is 7.57. The maximum absolute atomic E-state index is 13.3. The van der Waals surface area contributed by atoms with Crippen LogP contribution in [-0.2, 0) is 22.7 Å². The number of nitrogens with zero attached hydrogens (tertiary/aromatic N) is 3. The van der Waals surface area contributed by atoms with Gasteiger partial charge in [-0.05, 0) is 36.1 Å². The number of benzene rings is 2. The van der Waals surface area contributed by atoms with Crippen molar-refractivity contribution in [2.45, 2.75) is 46.2 Å². The van der Waals surface area contributed by atoms with Crippen LogP contribution < -0.4 is 19.7 Å². The van der Waals surface area contributed by atoms with Gasteiger partial charge in [-0.2, -0.15) is 0 Å². The molecule has 0 aliphatic carbocycles. The Hall–Kier alpha value is -3.26. The number of unbranched alkanes of at least 4 members (excludes halogenated alkanes) is 2. The van der Waals surface area contributed by atoms with Crippen LogP contribution in [0.3, 0.4) is 0 Å². The van der Waals surface area contributed by atoms with Crippen molar-refractivity contribution in [3.63, 3.8) is 0 Å². The van der Waals surface area contributed by atoms with Crippen molar-refractivity contribution in [1.82, 2.24) is 15.3 Å². The number of amides is 2. The molecule has 0 spiro atoms. The summed E-state index contributed by atoms with van der Waals surface area (Å²) in [4.78, 5) is 27.9. The van der Waals surface area contributed by atoms with Gasteiger partial charge in [-0.3, -0.25) is 14.6 Å². The SMILES string of the molecule is CCCCCNC(=O)CN(CC(=O)N(C)N1Cc2ccccc2C1)c1cc2c(cc1C)OCO2. The van der Waals surface area contributed by atoms with Gasteiger partial charge in [-0.15, -0.1) is 0 Å². The van der Waals surface area contributed by atoms with Gasteiger partial charge in [-0.1, -0.05) is 44.0 Å². The highest BCUT2D eigenvalue weighted by molar-refractivity contribution is 5.87. The number of anilines is 1. The number of likely N-dealkylation sites (N-methyl/N-ethyl adjacent to an activating group) is 1. The van der Waals surface area contributed by atoms with E-state index in [-0.39, 0.29) is 31.7 Å². The molecule has 4 rings (SSSR count). The zero-order valence-electron chi connectivity index (χ0n) is 20.3. The molecule has 0 saturated heterocycles. The van der Waals surface area contributed by atoms with Crippen molar-refractivity contribution >= 4 is 17.5 Å². The van der Waals surface area contributed by atoms with E-state index in [1.807, 2.05) is 41.1 Å². The lowest BCUT2D eigenvalue weighted by Gasteiger charge is -2.32. The highest BCUT2D eigenvalue weighted by atomic mass is 16.7. The molecule has 0 fully saturated rings. The zero-order chi connectivity index (χ0) is 24.1. The third-order valence-electron chi connectivity index (χ3n) is 6.40. The maximum Gasteiger partial charge on any atom is 0.256 e. The Bertz CT molecular complexity index is 1020. The minimum atomic E-state index is -0.0998. The molecular formula is C26H34N4O4. The van der Waals surface area contributed by atoms with E-state index in [4.69, 9.17) is 9.47 Å². The van der Waals surface area contributed by atoms with Crippen molar-refractivity contribution in [2.24, 2.45) is 0 Å². The highest BCUT2D eigenvalue weighted by Gasteiger charge is 2.28. The molecule has 0 unspecified atom stereocenters. The molecule has 182 valence electrons. The molecule has 34 heavy (non-hydrogen) atoms. The summed E-state index contributed by atoms with van der Waals surface area (Å²) < 4.78 is 11.0. The minimum absolute atomic E-state index is 0.0756. The second kappa shape index (κ2) is 10.8. The standard InChI is InChI=1S/C26H34N4O4/c1-4-5-8-11-27-25(31)16-29(22-13-24-23(12-19(22)2)33-18-34-24)17-26(32)28(3)30-14-20-9-6-7-10-21(20)15-30/h6-7,9-10,12-13H,4-5,8,11,14-18H2,1-3H3,(H,27,31). The monoisotopic (exact) mass is 466 g/mol. The van der Waals surface area contributed by atoms with Crippen molar-refractivity contribution < 1.29 is 19.1 Å². The fourth-order valence-corrected chi connectivity index (χ4v) is 4.38. The molecule has 2 aromatic carbocycles. The highest BCUT2D eigenvalue weighted by Crippen LogP contribution is 2.38. The Labute approximate surface area is 201 Å². The second-order valence-electron chi connectivity index (χ2n) is 8.91. The molecule has 0 saturated carbocycles. The number of hydrogen-bond acceptors (Lipinski definition) is 6. The quantitative estimate of drug-likeness (QED) is 0.542. The Morgan fingerprint density at radius 1 is 1.03 bits per heavy atom. The van der Waals surface area contributed by atoms with Gasteiger partial charge < -0.3 is 19.7 Å². The van der Waals surface area contributed by atoms with E-state index in [9.17, 15) is 9.59 Å². The third-order valence-corrected chi connectivity index (χ3v) is 6.40. The molecular weight excluding hydrogens is 432 g/mol. The average molecular weight is 467 g/mol. The summed E-state index contributed by atoms with van der Waals surface area (Å²) >= 11 is 0. The second-order valence-corrected chi connectivity index (χ2v) is 8.91. The summed E-state index contributed by atoms with van der Waals surface area (Å²) in [5.74, 6) is 1.13. The molecule has 0 atom stereocenters. The number of nitrogens with one attached hydrogen (secondary N) is 1. The summed E-state index contributed by atoms with van der Waals surface area (Å²) in [7, 11) is 1.80. The first-order chi connectivity index (χ1) is 16.5. The molecule has 0 aromatic heterocycles. The van der Waals surface area contributed by atoms with Crippen LogP contribution in [0.2, 0.25) is 0 Å². The van der Waals surface area contributed by atoms with Gasteiger partial charge in [0.2, 0.25) is 12.7 Å². The lowest BCUT2D eigenvalue weighted by molar-refractivity contribution is -0.145. The Morgan fingerprint density at radius 2 is 1.71 bits per heavy atom. The van der Waals surface area contributed by atoms with Crippen molar-refractivity contribution in [3.8, 4) is 11.5 Å². The van der Waals surface area contributed by atoms with Gasteiger partial charge in [0, 0.05) is 38.4 Å². The number of carbonyl (C=O) groups excluding carboxylic acids is 2. The molecule has 8 heteroatoms. The van der Waals surface area contributed by atoms with Gasteiger partial charge in [-0.25, -0.2) is 5.01 Å². The molecule has 2 aromatic rings. The molecule has 1 N–H and O–H groups in total. The van der Waals surface area contributed by atoms with Crippen LogP contribution in [0.15, 0.2) is 36.4 Å². The first kappa shape index (κ1) is 23.9. The smallest absolute Gasteiger partial charge is 0.256 e. The normalized spacial score (nSPS) is 14.1. The Morgan fingerprint density at radius 3 is 2.38 bits per heavy atom. The predicted molar refractivity (Wildman–Crippen MR) is 131 cm³/mol. The minimum Gasteiger partial charge on any atom is -0.454 e. The molecule has 0 radical (unpaired) electrons. The fraction of sp³-hybridized carbons (Fsp3) is 0.462. The van der Waals surface area contributed by atoms with Gasteiger partial charge >= 0.3 is 0 Å². The van der Waals surface area contributed by atoms with E-state index in [1.54, 1.807) is 12.1 Å². The summed E-state index contributed by atoms with van der Waals surface area (Å²) in [6.07, 6.45) is 3.12. The molecule has 2 aliphatic rings. The third kappa shape index (κ3) is 5.44. The van der Waals surface area contributed by atoms with Gasteiger partial charge in [0.15, 0.2) is 11.5 Å². The van der Waals surface area contributed by atoms with E-state index >= 15 is 0 Å². The van der Waals surface area contributed by atoms with Crippen LogP contribution in [-0.4, -0.2) is 55.3 Å². The summed E-state index contributed by atoms with van der Waals surface area (Å²) in [5, 5.41) is 6.69. The molecule has 2 amide bonds. The van der Waals surface area contributed by atoms with E-state index < -0.39 is 0 Å². The number of aryl methyl sites for hydroxylation is 1. The van der Waals surface area contributed by atoms with Crippen LogP contribution in [0.1, 0.15) is 42.9 Å². The summed E-state index contributed by atoms with van der Waals surface area (Å²) in [6, 6.07) is 12.0. The van der Waals surface area contributed by atoms with Crippen LogP contribution in [0.5, 0.6) is 11.5 Å². The fourth-order valence-electron chi connectivity index (χ4n) is 4.38. The lowest BCUT2D eigenvalue weighted by Crippen LogP contribution is -2.48. The van der Waals surface area contributed by atoms with Gasteiger partial charge in [0.25, 0.3) is 5.91 Å². The number of hydrazine groups is 1. The zero-order valence-corrected chi connectivity index (χ0v) is 20.3. The van der Waals surface area contributed by atoms with E-state index in [2.05, 4.69) is 24.4 Å². The molecule has 2 heterocycles. The molecule has 2 aliphatic heterocycles. The molecule has 8 nitrogen and oxygen atoms in total. The van der Waals surface area contributed by atoms with Crippen molar-refractivity contribution in [3.05, 3.63) is 53.1 Å². The van der Waals surface area contributed by atoms with Crippen LogP contribution in [0, 0.1) is 6.92 Å². The Balaban J connectivity index is 1.47. The topological polar surface area (TPSA) is 74.4 Å². The number of carbonyl (C=O) groups is 2. The van der Waals surface area contributed by atoms with E-state index in [0.29, 0.717) is 31.1 Å². The van der Waals surface area contributed by atoms with Crippen LogP contribution >= 0.6 is 0 Å². The summed E-state index contributed by atoms with van der Waals surface area (Å²) in [6.45, 7) is 6.45. The first-order valence-electron chi connectivity index (χ1n) is 12.0. The first-order valence-corrected chi connectivity index (χ1v) is 12.0. The predicted octanol–water partition coefficient (Wildman–Crippen LogP) is 3.23. The lowest BCUT2D eigenvalue weighted by atomic mass is 10.1. The van der Waals surface area contributed by atoms with E-state index in [1.165, 1.54) is 11.1 Å². The average Bonchev–Trinajstić information content (AvgIpc) is 3.46. The van der Waals surface area contributed by atoms with Crippen LogP contribution in [0.25, 0.3) is 0 Å². The van der Waals surface area contributed by atoms with Gasteiger partial charge in [0.05, 0.1) is 13.1 Å². The number of rotatable bonds is 10. The number of ether oxygens (including phenoxy) is 2. The van der Waals surface area contributed by atoms with E-state index in [0.717, 1.165) is 30.5 Å². The van der Waals surface area contributed by atoms with Gasteiger partial charge in [0.1, 0.15) is 0 Å². The van der Waals surface area contributed by atoms with Crippen molar-refractivity contribution in [1.29, 1.82) is 0 Å². The maximum atomic E-state index is 13.3. The molecule has 0 bridgehead atoms.